The third-order valence-corrected chi connectivity index (χ3v) is 3.07. The van der Waals surface area contributed by atoms with Gasteiger partial charge in [-0.3, -0.25) is 0 Å². The van der Waals surface area contributed by atoms with Gasteiger partial charge >= 0.3 is 0 Å². The fourth-order valence-corrected chi connectivity index (χ4v) is 2.09. The number of halogens is 1. The van der Waals surface area contributed by atoms with Crippen LogP contribution in [0.2, 0.25) is 5.02 Å². The number of aliphatic hydroxyl groups is 1. The monoisotopic (exact) mass is 253 g/mol. The molecule has 2 rings (SSSR count). The van der Waals surface area contributed by atoms with Crippen LogP contribution < -0.4 is 5.73 Å². The van der Waals surface area contributed by atoms with Gasteiger partial charge in [-0.05, 0) is 24.6 Å². The second kappa shape index (κ2) is 5.04. The van der Waals surface area contributed by atoms with Crippen molar-refractivity contribution >= 4 is 22.6 Å². The molecule has 17 heavy (non-hydrogen) atoms. The quantitative estimate of drug-likeness (QED) is 0.877. The minimum absolute atomic E-state index is 0.0670. The van der Waals surface area contributed by atoms with Crippen LogP contribution in [0.1, 0.15) is 25.2 Å². The van der Waals surface area contributed by atoms with E-state index in [1.807, 2.05) is 29.7 Å². The summed E-state index contributed by atoms with van der Waals surface area (Å²) >= 11 is 5.94. The van der Waals surface area contributed by atoms with Crippen molar-refractivity contribution in [2.75, 3.05) is 6.61 Å². The van der Waals surface area contributed by atoms with Crippen molar-refractivity contribution in [1.29, 1.82) is 0 Å². The number of nitrogens with zero attached hydrogens (tertiary/aromatic N) is 2. The van der Waals surface area contributed by atoms with E-state index in [4.69, 9.17) is 22.4 Å². The molecule has 1 aromatic heterocycles. The van der Waals surface area contributed by atoms with Gasteiger partial charge in [-0.15, -0.1) is 0 Å². The number of rotatable bonds is 4. The maximum Gasteiger partial charge on any atom is 0.126 e. The summed E-state index contributed by atoms with van der Waals surface area (Å²) in [6.45, 7) is 2.58. The summed E-state index contributed by atoms with van der Waals surface area (Å²) in [6.07, 6.45) is 0.808. The van der Waals surface area contributed by atoms with Crippen molar-refractivity contribution < 1.29 is 5.11 Å². The summed E-state index contributed by atoms with van der Waals surface area (Å²) in [4.78, 5) is 4.51. The topological polar surface area (TPSA) is 64.1 Å². The Kier molecular flexibility index (Phi) is 3.66. The highest BCUT2D eigenvalue weighted by Crippen LogP contribution is 2.23. The smallest absolute Gasteiger partial charge is 0.126 e. The molecule has 1 atom stereocenters. The van der Waals surface area contributed by atoms with E-state index >= 15 is 0 Å². The maximum absolute atomic E-state index is 9.12. The van der Waals surface area contributed by atoms with Gasteiger partial charge in [0.25, 0.3) is 0 Å². The third-order valence-electron chi connectivity index (χ3n) is 2.83. The molecule has 0 bridgehead atoms. The Labute approximate surface area is 105 Å². The molecule has 1 unspecified atom stereocenters. The highest BCUT2D eigenvalue weighted by Gasteiger charge is 2.15. The van der Waals surface area contributed by atoms with E-state index in [0.717, 1.165) is 23.3 Å². The Bertz CT molecular complexity index is 524. The molecule has 4 nitrogen and oxygen atoms in total. The van der Waals surface area contributed by atoms with Gasteiger partial charge in [0.15, 0.2) is 0 Å². The molecule has 0 radical (unpaired) electrons. The van der Waals surface area contributed by atoms with E-state index in [9.17, 15) is 0 Å². The van der Waals surface area contributed by atoms with Crippen molar-refractivity contribution in [2.24, 2.45) is 5.73 Å². The molecule has 1 aromatic carbocycles. The lowest BCUT2D eigenvalue weighted by Crippen LogP contribution is -2.17. The zero-order valence-electron chi connectivity index (χ0n) is 9.73. The fraction of sp³-hybridized carbons (Fsp3) is 0.417. The van der Waals surface area contributed by atoms with Crippen molar-refractivity contribution in [1.82, 2.24) is 9.55 Å². The Balaban J connectivity index is 2.61. The number of imidazole rings is 1. The van der Waals surface area contributed by atoms with Crippen LogP contribution in [0.3, 0.4) is 0 Å². The minimum Gasteiger partial charge on any atom is -0.395 e. The number of benzene rings is 1. The second-order valence-corrected chi connectivity index (χ2v) is 4.43. The zero-order valence-corrected chi connectivity index (χ0v) is 10.5. The molecule has 0 fully saturated rings. The molecular formula is C12H16ClN3O. The van der Waals surface area contributed by atoms with Gasteiger partial charge < -0.3 is 15.4 Å². The van der Waals surface area contributed by atoms with Crippen LogP contribution in [0.25, 0.3) is 11.0 Å². The second-order valence-electron chi connectivity index (χ2n) is 3.99. The number of hydrogen-bond donors (Lipinski definition) is 2. The summed E-state index contributed by atoms with van der Waals surface area (Å²) in [5, 5.41) is 9.77. The van der Waals surface area contributed by atoms with Gasteiger partial charge in [0.2, 0.25) is 0 Å². The van der Waals surface area contributed by atoms with Crippen LogP contribution >= 0.6 is 11.6 Å². The van der Waals surface area contributed by atoms with Crippen LogP contribution in [0.4, 0.5) is 0 Å². The molecule has 92 valence electrons. The van der Waals surface area contributed by atoms with Gasteiger partial charge in [0.05, 0.1) is 23.7 Å². The first-order chi connectivity index (χ1) is 8.17. The van der Waals surface area contributed by atoms with E-state index in [2.05, 4.69) is 4.98 Å². The largest absolute Gasteiger partial charge is 0.395 e. The van der Waals surface area contributed by atoms with Crippen LogP contribution in [0.5, 0.6) is 0 Å². The summed E-state index contributed by atoms with van der Waals surface area (Å²) in [6, 6.07) is 5.43. The fourth-order valence-electron chi connectivity index (χ4n) is 1.92. The minimum atomic E-state index is -0.118. The SMILES string of the molecule is CCC(N)c1nc2cc(Cl)ccc2n1CCO. The first-order valence-electron chi connectivity index (χ1n) is 5.69. The molecule has 2 aromatic rings. The Morgan fingerprint density at radius 2 is 2.29 bits per heavy atom. The van der Waals surface area contributed by atoms with E-state index in [1.54, 1.807) is 0 Å². The van der Waals surface area contributed by atoms with Gasteiger partial charge in [0, 0.05) is 11.6 Å². The molecule has 0 aliphatic rings. The van der Waals surface area contributed by atoms with Crippen molar-refractivity contribution in [3.63, 3.8) is 0 Å². The number of hydrogen-bond acceptors (Lipinski definition) is 3. The zero-order chi connectivity index (χ0) is 12.4. The molecule has 0 amide bonds. The summed E-state index contributed by atoms with van der Waals surface area (Å²) in [5.41, 5.74) is 7.81. The lowest BCUT2D eigenvalue weighted by molar-refractivity contribution is 0.275. The van der Waals surface area contributed by atoms with Gasteiger partial charge in [0.1, 0.15) is 5.82 Å². The normalized spacial score (nSPS) is 13.2. The van der Waals surface area contributed by atoms with Crippen LogP contribution in [-0.2, 0) is 6.54 Å². The van der Waals surface area contributed by atoms with Crippen molar-refractivity contribution in [3.05, 3.63) is 29.0 Å². The van der Waals surface area contributed by atoms with Crippen LogP contribution in [0, 0.1) is 0 Å². The molecule has 3 N–H and O–H groups in total. The summed E-state index contributed by atoms with van der Waals surface area (Å²) in [7, 11) is 0. The van der Waals surface area contributed by atoms with E-state index < -0.39 is 0 Å². The molecule has 5 heteroatoms. The molecular weight excluding hydrogens is 238 g/mol. The van der Waals surface area contributed by atoms with E-state index in [1.165, 1.54) is 0 Å². The average molecular weight is 254 g/mol. The molecule has 0 saturated heterocycles. The third kappa shape index (κ3) is 2.29. The van der Waals surface area contributed by atoms with E-state index in [0.29, 0.717) is 11.6 Å². The molecule has 0 aliphatic carbocycles. The van der Waals surface area contributed by atoms with E-state index in [-0.39, 0.29) is 12.6 Å². The lowest BCUT2D eigenvalue weighted by atomic mass is 10.2. The number of aliphatic hydroxyl groups excluding tert-OH is 1. The van der Waals surface area contributed by atoms with Crippen LogP contribution in [-0.4, -0.2) is 21.3 Å². The van der Waals surface area contributed by atoms with Crippen molar-refractivity contribution in [2.45, 2.75) is 25.9 Å². The molecule has 0 spiro atoms. The van der Waals surface area contributed by atoms with Gasteiger partial charge in [-0.2, -0.15) is 0 Å². The summed E-state index contributed by atoms with van der Waals surface area (Å²) < 4.78 is 1.96. The predicted octanol–water partition coefficient (Wildman–Crippen LogP) is 2.09. The Hall–Kier alpha value is -1.10. The first-order valence-corrected chi connectivity index (χ1v) is 6.07. The number of fused-ring (bicyclic) bond motifs is 1. The highest BCUT2D eigenvalue weighted by molar-refractivity contribution is 6.31. The Morgan fingerprint density at radius 3 is 2.94 bits per heavy atom. The average Bonchev–Trinajstić information content (AvgIpc) is 2.67. The van der Waals surface area contributed by atoms with Crippen LogP contribution in [0.15, 0.2) is 18.2 Å². The number of aromatic nitrogens is 2. The molecule has 0 saturated carbocycles. The maximum atomic E-state index is 9.12. The van der Waals surface area contributed by atoms with Gasteiger partial charge in [-0.25, -0.2) is 4.98 Å². The number of nitrogens with two attached hydrogens (primary N) is 1. The molecule has 0 aliphatic heterocycles. The Morgan fingerprint density at radius 1 is 1.53 bits per heavy atom. The lowest BCUT2D eigenvalue weighted by Gasteiger charge is -2.11. The summed E-state index contributed by atoms with van der Waals surface area (Å²) in [5.74, 6) is 0.804. The van der Waals surface area contributed by atoms with Crippen molar-refractivity contribution in [3.8, 4) is 0 Å². The standard InChI is InChI=1S/C12H16ClN3O/c1-2-9(14)12-15-10-7-8(13)3-4-11(10)16(12)5-6-17/h3-4,7,9,17H,2,5-6,14H2,1H3. The first kappa shape index (κ1) is 12.4. The van der Waals surface area contributed by atoms with Gasteiger partial charge in [-0.1, -0.05) is 18.5 Å². The highest BCUT2D eigenvalue weighted by atomic mass is 35.5. The molecule has 1 heterocycles. The predicted molar refractivity (Wildman–Crippen MR) is 69.0 cm³/mol.